The van der Waals surface area contributed by atoms with Gasteiger partial charge in [-0.25, -0.2) is 9.59 Å². The van der Waals surface area contributed by atoms with Gasteiger partial charge in [0.2, 0.25) is 5.91 Å². The number of H-pyrrole nitrogens is 1. The van der Waals surface area contributed by atoms with Crippen molar-refractivity contribution in [3.05, 3.63) is 63.3 Å². The average molecular weight is 452 g/mol. The number of nitrogens with one attached hydrogen (secondary N) is 2. The molecule has 2 amide bonds. The van der Waals surface area contributed by atoms with Crippen LogP contribution in [0, 0.1) is 0 Å². The summed E-state index contributed by atoms with van der Waals surface area (Å²) >= 11 is 1.46. The molecule has 10 heteroatoms. The van der Waals surface area contributed by atoms with E-state index in [-0.39, 0.29) is 24.1 Å². The highest BCUT2D eigenvalue weighted by atomic mass is 32.2. The zero-order valence-corrected chi connectivity index (χ0v) is 17.8. The first-order valence-corrected chi connectivity index (χ1v) is 11.2. The number of hydrogen-bond donors (Lipinski definition) is 2. The van der Waals surface area contributed by atoms with Gasteiger partial charge in [-0.05, 0) is 43.2 Å². The predicted octanol–water partition coefficient (Wildman–Crippen LogP) is 2.54. The predicted molar refractivity (Wildman–Crippen MR) is 121 cm³/mol. The lowest BCUT2D eigenvalue weighted by molar-refractivity contribution is -0.113. The number of anilines is 2. The molecule has 3 aromatic rings. The first kappa shape index (κ1) is 20.4. The Balaban J connectivity index is 1.25. The summed E-state index contributed by atoms with van der Waals surface area (Å²) in [6, 6.07) is 12.4. The van der Waals surface area contributed by atoms with Crippen molar-refractivity contribution in [1.29, 1.82) is 0 Å². The average Bonchev–Trinajstić information content (AvgIpc) is 3.15. The van der Waals surface area contributed by atoms with Crippen molar-refractivity contribution in [3.63, 3.8) is 0 Å². The largest absolute Gasteiger partial charge is 0.444 e. The Morgan fingerprint density at radius 1 is 1.09 bits per heavy atom. The summed E-state index contributed by atoms with van der Waals surface area (Å²) in [4.78, 5) is 54.2. The molecular formula is C22H20N4O5S. The maximum atomic E-state index is 12.6. The SMILES string of the molecule is O=C1CSc2ccc(N3C[C@H](CCCn4c(=O)[nH]c5ccccc5c4=O)OC3=O)cc2N1. The van der Waals surface area contributed by atoms with Crippen LogP contribution in [0.2, 0.25) is 0 Å². The van der Waals surface area contributed by atoms with Gasteiger partial charge in [0.15, 0.2) is 0 Å². The van der Waals surface area contributed by atoms with E-state index < -0.39 is 11.8 Å². The molecule has 9 nitrogen and oxygen atoms in total. The number of aromatic nitrogens is 2. The number of amides is 2. The molecule has 1 fully saturated rings. The highest BCUT2D eigenvalue weighted by Gasteiger charge is 2.32. The number of cyclic esters (lactones) is 1. The minimum atomic E-state index is -0.453. The highest BCUT2D eigenvalue weighted by molar-refractivity contribution is 8.00. The van der Waals surface area contributed by atoms with Crippen molar-refractivity contribution in [2.45, 2.75) is 30.4 Å². The third-order valence-corrected chi connectivity index (χ3v) is 6.65. The quantitative estimate of drug-likeness (QED) is 0.615. The summed E-state index contributed by atoms with van der Waals surface area (Å²) in [6.45, 7) is 0.594. The van der Waals surface area contributed by atoms with Gasteiger partial charge in [0.25, 0.3) is 5.56 Å². The van der Waals surface area contributed by atoms with Crippen LogP contribution >= 0.6 is 11.8 Å². The van der Waals surface area contributed by atoms with E-state index in [9.17, 15) is 19.2 Å². The van der Waals surface area contributed by atoms with Gasteiger partial charge >= 0.3 is 11.8 Å². The van der Waals surface area contributed by atoms with Crippen LogP contribution in [0.4, 0.5) is 16.2 Å². The maximum absolute atomic E-state index is 12.6. The van der Waals surface area contributed by atoms with E-state index in [0.717, 1.165) is 4.90 Å². The second-order valence-electron chi connectivity index (χ2n) is 7.71. The minimum absolute atomic E-state index is 0.0690. The molecule has 2 aromatic carbocycles. The molecule has 2 aliphatic heterocycles. The van der Waals surface area contributed by atoms with Crippen molar-refractivity contribution >= 4 is 46.0 Å². The fourth-order valence-corrected chi connectivity index (χ4v) is 4.79. The van der Waals surface area contributed by atoms with E-state index in [4.69, 9.17) is 4.74 Å². The minimum Gasteiger partial charge on any atom is -0.444 e. The van der Waals surface area contributed by atoms with E-state index in [1.165, 1.54) is 21.2 Å². The summed E-state index contributed by atoms with van der Waals surface area (Å²) in [5, 5.41) is 3.28. The number of aromatic amines is 1. The van der Waals surface area contributed by atoms with Crippen LogP contribution in [0.1, 0.15) is 12.8 Å². The van der Waals surface area contributed by atoms with Crippen molar-refractivity contribution in [1.82, 2.24) is 9.55 Å². The lowest BCUT2D eigenvalue weighted by atomic mass is 10.2. The molecule has 164 valence electrons. The third-order valence-electron chi connectivity index (χ3n) is 5.58. The van der Waals surface area contributed by atoms with Crippen molar-refractivity contribution in [2.24, 2.45) is 0 Å². The number of carbonyl (C=O) groups is 2. The van der Waals surface area contributed by atoms with Gasteiger partial charge in [-0.2, -0.15) is 0 Å². The molecule has 32 heavy (non-hydrogen) atoms. The number of carbonyl (C=O) groups excluding carboxylic acids is 2. The number of ether oxygens (including phenoxy) is 1. The molecule has 0 radical (unpaired) electrons. The lowest BCUT2D eigenvalue weighted by Gasteiger charge is -2.20. The third kappa shape index (κ3) is 3.77. The van der Waals surface area contributed by atoms with Crippen LogP contribution in [0.25, 0.3) is 10.9 Å². The molecular weight excluding hydrogens is 432 g/mol. The Labute approximate surface area is 186 Å². The molecule has 0 unspecified atom stereocenters. The van der Waals surface area contributed by atoms with Crippen molar-refractivity contribution < 1.29 is 14.3 Å². The molecule has 1 aromatic heterocycles. The van der Waals surface area contributed by atoms with E-state index in [2.05, 4.69) is 10.3 Å². The molecule has 0 aliphatic carbocycles. The smallest absolute Gasteiger partial charge is 0.414 e. The Bertz CT molecular complexity index is 1350. The molecule has 3 heterocycles. The van der Waals surface area contributed by atoms with Crippen LogP contribution in [0.15, 0.2) is 56.9 Å². The fourth-order valence-electron chi connectivity index (χ4n) is 4.00. The number of rotatable bonds is 5. The summed E-state index contributed by atoms with van der Waals surface area (Å²) < 4.78 is 6.66. The Hall–Kier alpha value is -3.53. The van der Waals surface area contributed by atoms with Crippen LogP contribution in [-0.2, 0) is 16.1 Å². The van der Waals surface area contributed by atoms with E-state index in [1.54, 1.807) is 30.3 Å². The number of nitrogens with zero attached hydrogens (tertiary/aromatic N) is 2. The monoisotopic (exact) mass is 452 g/mol. The second kappa shape index (κ2) is 8.19. The number of para-hydroxylation sites is 1. The van der Waals surface area contributed by atoms with Gasteiger partial charge < -0.3 is 15.0 Å². The first-order valence-electron chi connectivity index (χ1n) is 10.3. The normalized spacial score (nSPS) is 17.9. The molecule has 2 aliphatic rings. The van der Waals surface area contributed by atoms with E-state index >= 15 is 0 Å². The molecule has 1 saturated heterocycles. The summed E-state index contributed by atoms with van der Waals surface area (Å²) in [7, 11) is 0. The van der Waals surface area contributed by atoms with Crippen LogP contribution in [0.5, 0.6) is 0 Å². The summed E-state index contributed by atoms with van der Waals surface area (Å²) in [5.41, 5.74) is 1.07. The van der Waals surface area contributed by atoms with Crippen LogP contribution in [-0.4, -0.2) is 40.0 Å². The Kier molecular flexibility index (Phi) is 5.22. The van der Waals surface area contributed by atoms with Crippen molar-refractivity contribution in [2.75, 3.05) is 22.5 Å². The topological polar surface area (TPSA) is 114 Å². The fraction of sp³-hybridized carbons (Fsp3) is 0.273. The summed E-state index contributed by atoms with van der Waals surface area (Å²) in [6.07, 6.45) is 0.214. The van der Waals surface area contributed by atoms with Crippen LogP contribution in [0.3, 0.4) is 0 Å². The van der Waals surface area contributed by atoms with Crippen LogP contribution < -0.4 is 21.5 Å². The number of benzene rings is 2. The lowest BCUT2D eigenvalue weighted by Crippen LogP contribution is -2.35. The van der Waals surface area contributed by atoms with Gasteiger partial charge in [-0.3, -0.25) is 19.1 Å². The van der Waals surface area contributed by atoms with Gasteiger partial charge in [0.05, 0.1) is 28.9 Å². The highest BCUT2D eigenvalue weighted by Crippen LogP contribution is 2.35. The standard InChI is InChI=1S/C22H20N4O5S/c27-19-12-32-18-8-7-13(10-17(18)23-19)26-11-14(31-22(26)30)4-3-9-25-20(28)15-5-1-2-6-16(15)24-21(25)29/h1-2,5-8,10,14H,3-4,9,11-12H2,(H,23,27)(H,24,29)/t14-/m0/s1. The second-order valence-corrected chi connectivity index (χ2v) is 8.73. The molecule has 0 spiro atoms. The molecule has 2 N–H and O–H groups in total. The zero-order valence-electron chi connectivity index (χ0n) is 17.0. The summed E-state index contributed by atoms with van der Waals surface area (Å²) in [5.74, 6) is 0.309. The first-order chi connectivity index (χ1) is 15.5. The van der Waals surface area contributed by atoms with E-state index in [1.807, 2.05) is 12.1 Å². The maximum Gasteiger partial charge on any atom is 0.414 e. The zero-order chi connectivity index (χ0) is 22.2. The molecule has 0 saturated carbocycles. The Morgan fingerprint density at radius 2 is 1.94 bits per heavy atom. The molecule has 1 atom stereocenters. The van der Waals surface area contributed by atoms with E-state index in [0.29, 0.717) is 47.4 Å². The van der Waals surface area contributed by atoms with Gasteiger partial charge in [0, 0.05) is 17.1 Å². The number of thioether (sulfide) groups is 1. The van der Waals surface area contributed by atoms with Gasteiger partial charge in [-0.1, -0.05) is 12.1 Å². The van der Waals surface area contributed by atoms with Gasteiger partial charge in [-0.15, -0.1) is 11.8 Å². The number of hydrogen-bond acceptors (Lipinski definition) is 6. The molecule has 5 rings (SSSR count). The molecule has 0 bridgehead atoms. The van der Waals surface area contributed by atoms with Crippen molar-refractivity contribution in [3.8, 4) is 0 Å². The number of fused-ring (bicyclic) bond motifs is 2. The van der Waals surface area contributed by atoms with Gasteiger partial charge in [0.1, 0.15) is 6.10 Å². The Morgan fingerprint density at radius 3 is 2.81 bits per heavy atom.